The number of nitrogens with two attached hydrogens (primary N) is 1. The molecule has 0 aliphatic heterocycles. The summed E-state index contributed by atoms with van der Waals surface area (Å²) < 4.78 is 1.70. The number of nitrogen functional groups attached to an aromatic ring is 1. The van der Waals surface area contributed by atoms with E-state index in [1.807, 2.05) is 6.07 Å². The van der Waals surface area contributed by atoms with E-state index in [0.717, 1.165) is 5.69 Å². The van der Waals surface area contributed by atoms with Gasteiger partial charge in [0, 0.05) is 11.5 Å². The lowest BCUT2D eigenvalue weighted by Crippen LogP contribution is -2.10. The van der Waals surface area contributed by atoms with Gasteiger partial charge in [0.05, 0.1) is 18.8 Å². The highest BCUT2D eigenvalue weighted by atomic mass is 16.3. The molecule has 1 aromatic heterocycles. The van der Waals surface area contributed by atoms with Crippen LogP contribution in [0.5, 0.6) is 0 Å². The summed E-state index contributed by atoms with van der Waals surface area (Å²) in [5.41, 5.74) is 7.27. The first kappa shape index (κ1) is 10.5. The summed E-state index contributed by atoms with van der Waals surface area (Å²) in [6.07, 6.45) is 4.85. The van der Waals surface area contributed by atoms with Gasteiger partial charge in [0.25, 0.3) is 0 Å². The fourth-order valence-corrected chi connectivity index (χ4v) is 2.23. The molecule has 0 saturated heterocycles. The number of nitrogens with zero attached hydrogens (tertiary/aromatic N) is 2. The predicted octanol–water partition coefficient (Wildman–Crippen LogP) is 1.29. The molecule has 0 amide bonds. The molecule has 1 aliphatic carbocycles. The minimum Gasteiger partial charge on any atom is -0.394 e. The number of hydrogen-bond acceptors (Lipinski definition) is 3. The third-order valence-corrected chi connectivity index (χ3v) is 3.25. The smallest absolute Gasteiger partial charge is 0.122 e. The summed E-state index contributed by atoms with van der Waals surface area (Å²) in [5.74, 6) is 0.668. The molecule has 0 radical (unpaired) electrons. The van der Waals surface area contributed by atoms with Crippen molar-refractivity contribution in [3.63, 3.8) is 0 Å². The SMILES string of the molecule is CCCC1(c2cc(N)n(CCO)n2)CC1. The van der Waals surface area contributed by atoms with Crippen LogP contribution in [0.25, 0.3) is 0 Å². The van der Waals surface area contributed by atoms with Gasteiger partial charge in [-0.15, -0.1) is 0 Å². The van der Waals surface area contributed by atoms with Crippen LogP contribution in [0.15, 0.2) is 6.07 Å². The van der Waals surface area contributed by atoms with Gasteiger partial charge in [-0.05, 0) is 19.3 Å². The van der Waals surface area contributed by atoms with Crippen LogP contribution in [-0.4, -0.2) is 21.5 Å². The lowest BCUT2D eigenvalue weighted by atomic mass is 9.97. The van der Waals surface area contributed by atoms with E-state index in [9.17, 15) is 0 Å². The third kappa shape index (κ3) is 1.86. The zero-order valence-electron chi connectivity index (χ0n) is 9.24. The average Bonchev–Trinajstić information content (AvgIpc) is 2.89. The maximum absolute atomic E-state index is 8.86. The molecule has 0 atom stereocenters. The van der Waals surface area contributed by atoms with Gasteiger partial charge in [0.15, 0.2) is 0 Å². The minimum atomic E-state index is 0.0894. The summed E-state index contributed by atoms with van der Waals surface area (Å²) in [4.78, 5) is 0. The van der Waals surface area contributed by atoms with Crippen LogP contribution in [0.2, 0.25) is 0 Å². The van der Waals surface area contributed by atoms with E-state index >= 15 is 0 Å². The summed E-state index contributed by atoms with van der Waals surface area (Å²) in [7, 11) is 0. The highest BCUT2D eigenvalue weighted by Crippen LogP contribution is 2.51. The Morgan fingerprint density at radius 1 is 1.60 bits per heavy atom. The van der Waals surface area contributed by atoms with Crippen molar-refractivity contribution in [3.05, 3.63) is 11.8 Å². The first-order chi connectivity index (χ1) is 7.22. The molecule has 4 heteroatoms. The van der Waals surface area contributed by atoms with Gasteiger partial charge in [-0.3, -0.25) is 0 Å². The van der Waals surface area contributed by atoms with Crippen LogP contribution in [0, 0.1) is 0 Å². The minimum absolute atomic E-state index is 0.0894. The van der Waals surface area contributed by atoms with Gasteiger partial charge in [-0.1, -0.05) is 13.3 Å². The normalized spacial score (nSPS) is 18.0. The molecule has 1 fully saturated rings. The average molecular weight is 209 g/mol. The number of aliphatic hydroxyl groups excluding tert-OH is 1. The second-order valence-corrected chi connectivity index (χ2v) is 4.43. The molecule has 0 bridgehead atoms. The number of hydrogen-bond donors (Lipinski definition) is 2. The zero-order chi connectivity index (χ0) is 10.9. The number of aromatic nitrogens is 2. The molecule has 0 spiro atoms. The first-order valence-electron chi connectivity index (χ1n) is 5.66. The Morgan fingerprint density at radius 2 is 2.33 bits per heavy atom. The van der Waals surface area contributed by atoms with Crippen molar-refractivity contribution in [2.45, 2.75) is 44.6 Å². The standard InChI is InChI=1S/C11H19N3O/c1-2-3-11(4-5-11)9-8-10(12)14(13-9)6-7-15/h8,15H,2-7,12H2,1H3. The van der Waals surface area contributed by atoms with E-state index in [-0.39, 0.29) is 6.61 Å². The Bertz CT molecular complexity index is 342. The fourth-order valence-electron chi connectivity index (χ4n) is 2.23. The molecule has 0 aromatic carbocycles. The van der Waals surface area contributed by atoms with Crippen LogP contribution < -0.4 is 5.73 Å². The Balaban J connectivity index is 2.18. The molecular weight excluding hydrogens is 190 g/mol. The molecule has 2 rings (SSSR count). The number of rotatable bonds is 5. The molecule has 1 aliphatic rings. The molecule has 3 N–H and O–H groups in total. The second kappa shape index (κ2) is 3.85. The third-order valence-electron chi connectivity index (χ3n) is 3.25. The van der Waals surface area contributed by atoms with Crippen molar-refractivity contribution in [1.29, 1.82) is 0 Å². The second-order valence-electron chi connectivity index (χ2n) is 4.43. The van der Waals surface area contributed by atoms with E-state index < -0.39 is 0 Å². The molecule has 15 heavy (non-hydrogen) atoms. The molecular formula is C11H19N3O. The highest BCUT2D eigenvalue weighted by molar-refractivity contribution is 5.37. The fraction of sp³-hybridized carbons (Fsp3) is 0.727. The van der Waals surface area contributed by atoms with Gasteiger partial charge < -0.3 is 10.8 Å². The van der Waals surface area contributed by atoms with E-state index in [2.05, 4.69) is 12.0 Å². The molecule has 1 saturated carbocycles. The van der Waals surface area contributed by atoms with Crippen molar-refractivity contribution in [2.75, 3.05) is 12.3 Å². The van der Waals surface area contributed by atoms with Crippen LogP contribution in [0.3, 0.4) is 0 Å². The highest BCUT2D eigenvalue weighted by Gasteiger charge is 2.45. The number of aliphatic hydroxyl groups is 1. The van der Waals surface area contributed by atoms with Crippen molar-refractivity contribution >= 4 is 5.82 Å². The Hall–Kier alpha value is -1.03. The summed E-state index contributed by atoms with van der Waals surface area (Å²) in [6, 6.07) is 1.97. The Morgan fingerprint density at radius 3 is 2.87 bits per heavy atom. The van der Waals surface area contributed by atoms with Gasteiger partial charge in [-0.25, -0.2) is 4.68 Å². The van der Waals surface area contributed by atoms with E-state index in [0.29, 0.717) is 17.8 Å². The Labute approximate surface area is 90.1 Å². The Kier molecular flexibility index (Phi) is 2.69. The lowest BCUT2D eigenvalue weighted by Gasteiger charge is -2.09. The zero-order valence-corrected chi connectivity index (χ0v) is 9.24. The number of anilines is 1. The van der Waals surface area contributed by atoms with E-state index in [4.69, 9.17) is 10.8 Å². The first-order valence-corrected chi connectivity index (χ1v) is 5.66. The quantitative estimate of drug-likeness (QED) is 0.768. The molecule has 84 valence electrons. The van der Waals surface area contributed by atoms with Gasteiger partial charge in [0.1, 0.15) is 5.82 Å². The van der Waals surface area contributed by atoms with E-state index in [1.54, 1.807) is 4.68 Å². The molecule has 1 heterocycles. The van der Waals surface area contributed by atoms with Crippen LogP contribution in [-0.2, 0) is 12.0 Å². The van der Waals surface area contributed by atoms with Crippen LogP contribution in [0.4, 0.5) is 5.82 Å². The van der Waals surface area contributed by atoms with Crippen LogP contribution in [0.1, 0.15) is 38.3 Å². The van der Waals surface area contributed by atoms with E-state index in [1.165, 1.54) is 25.7 Å². The molecule has 1 aromatic rings. The van der Waals surface area contributed by atoms with Crippen LogP contribution >= 0.6 is 0 Å². The van der Waals surface area contributed by atoms with Gasteiger partial charge >= 0.3 is 0 Å². The monoisotopic (exact) mass is 209 g/mol. The van der Waals surface area contributed by atoms with Gasteiger partial charge in [0.2, 0.25) is 0 Å². The molecule has 4 nitrogen and oxygen atoms in total. The predicted molar refractivity (Wildman–Crippen MR) is 59.5 cm³/mol. The topological polar surface area (TPSA) is 64.1 Å². The summed E-state index contributed by atoms with van der Waals surface area (Å²) >= 11 is 0. The van der Waals surface area contributed by atoms with Crippen molar-refractivity contribution in [2.24, 2.45) is 0 Å². The van der Waals surface area contributed by atoms with Crippen molar-refractivity contribution in [3.8, 4) is 0 Å². The maximum atomic E-state index is 8.86. The van der Waals surface area contributed by atoms with Crippen molar-refractivity contribution in [1.82, 2.24) is 9.78 Å². The van der Waals surface area contributed by atoms with Crippen molar-refractivity contribution < 1.29 is 5.11 Å². The lowest BCUT2D eigenvalue weighted by molar-refractivity contribution is 0.270. The van der Waals surface area contributed by atoms with Gasteiger partial charge in [-0.2, -0.15) is 5.10 Å². The maximum Gasteiger partial charge on any atom is 0.122 e. The largest absolute Gasteiger partial charge is 0.394 e. The molecule has 0 unspecified atom stereocenters. The summed E-state index contributed by atoms with van der Waals surface area (Å²) in [5, 5.41) is 13.3. The summed E-state index contributed by atoms with van der Waals surface area (Å²) in [6.45, 7) is 2.79.